The van der Waals surface area contributed by atoms with Gasteiger partial charge in [-0.1, -0.05) is 0 Å². The highest BCUT2D eigenvalue weighted by Crippen LogP contribution is 2.32. The smallest absolute Gasteiger partial charge is 0.143 e. The summed E-state index contributed by atoms with van der Waals surface area (Å²) in [5.41, 5.74) is 0.823. The van der Waals surface area contributed by atoms with Gasteiger partial charge in [-0.2, -0.15) is 10.5 Å². The lowest BCUT2D eigenvalue weighted by atomic mass is 10.2. The Kier molecular flexibility index (Phi) is 3.25. The third-order valence-electron chi connectivity index (χ3n) is 2.86. The molecule has 1 aliphatic rings. The minimum absolute atomic E-state index is 0.0600. The zero-order valence-electron chi connectivity index (χ0n) is 9.36. The first-order valence-electron chi connectivity index (χ1n) is 5.59. The molecule has 0 saturated heterocycles. The number of hydrogen-bond donors (Lipinski definition) is 0. The lowest BCUT2D eigenvalue weighted by Gasteiger charge is -2.23. The first-order chi connectivity index (χ1) is 8.26. The zero-order chi connectivity index (χ0) is 12.3. The van der Waals surface area contributed by atoms with Gasteiger partial charge >= 0.3 is 0 Å². The molecule has 17 heavy (non-hydrogen) atoms. The summed E-state index contributed by atoms with van der Waals surface area (Å²) in [5.74, 6) is -0.493. The van der Waals surface area contributed by atoms with Crippen LogP contribution in [0, 0.1) is 28.5 Å². The van der Waals surface area contributed by atoms with Gasteiger partial charge in [0.15, 0.2) is 0 Å². The van der Waals surface area contributed by atoms with E-state index in [0.717, 1.165) is 18.5 Å². The second-order valence-corrected chi connectivity index (χ2v) is 4.11. The van der Waals surface area contributed by atoms with Crippen LogP contribution >= 0.6 is 0 Å². The van der Waals surface area contributed by atoms with Gasteiger partial charge < -0.3 is 4.90 Å². The van der Waals surface area contributed by atoms with Crippen molar-refractivity contribution in [3.05, 3.63) is 29.6 Å². The topological polar surface area (TPSA) is 50.8 Å². The van der Waals surface area contributed by atoms with Crippen molar-refractivity contribution >= 4 is 5.69 Å². The van der Waals surface area contributed by atoms with Crippen LogP contribution in [0.15, 0.2) is 18.2 Å². The molecule has 3 nitrogen and oxygen atoms in total. The molecule has 0 aromatic heterocycles. The Bertz CT molecular complexity index is 494. The first kappa shape index (κ1) is 11.4. The van der Waals surface area contributed by atoms with Crippen molar-refractivity contribution in [1.82, 2.24) is 0 Å². The second kappa shape index (κ2) is 4.84. The second-order valence-electron chi connectivity index (χ2n) is 4.11. The van der Waals surface area contributed by atoms with Gasteiger partial charge in [0.05, 0.1) is 18.1 Å². The lowest BCUT2D eigenvalue weighted by molar-refractivity contribution is 0.622. The summed E-state index contributed by atoms with van der Waals surface area (Å²) in [6.45, 7) is 0.618. The highest BCUT2D eigenvalue weighted by atomic mass is 19.1. The van der Waals surface area contributed by atoms with Gasteiger partial charge in [-0.15, -0.1) is 0 Å². The largest absolute Gasteiger partial charge is 0.367 e. The number of hydrogen-bond acceptors (Lipinski definition) is 3. The Labute approximate surface area is 99.7 Å². The average molecular weight is 229 g/mol. The minimum atomic E-state index is -0.493. The van der Waals surface area contributed by atoms with E-state index < -0.39 is 5.82 Å². The molecule has 1 aromatic rings. The van der Waals surface area contributed by atoms with Gasteiger partial charge in [0.25, 0.3) is 0 Å². The Balaban J connectivity index is 2.21. The highest BCUT2D eigenvalue weighted by molar-refractivity contribution is 5.52. The van der Waals surface area contributed by atoms with E-state index in [1.807, 2.05) is 4.90 Å². The number of benzene rings is 1. The Morgan fingerprint density at radius 1 is 1.35 bits per heavy atom. The molecule has 1 aromatic carbocycles. The zero-order valence-corrected chi connectivity index (χ0v) is 9.36. The van der Waals surface area contributed by atoms with Gasteiger partial charge in [0.1, 0.15) is 11.9 Å². The molecular weight excluding hydrogens is 217 g/mol. The molecule has 1 fully saturated rings. The van der Waals surface area contributed by atoms with E-state index in [1.165, 1.54) is 12.1 Å². The van der Waals surface area contributed by atoms with Crippen LogP contribution < -0.4 is 4.90 Å². The summed E-state index contributed by atoms with van der Waals surface area (Å²) in [5, 5.41) is 17.3. The monoisotopic (exact) mass is 229 g/mol. The fourth-order valence-electron chi connectivity index (χ4n) is 1.85. The van der Waals surface area contributed by atoms with Crippen molar-refractivity contribution in [2.24, 2.45) is 0 Å². The summed E-state index contributed by atoms with van der Waals surface area (Å²) in [7, 11) is 0. The van der Waals surface area contributed by atoms with Gasteiger partial charge in [-0.3, -0.25) is 0 Å². The predicted molar refractivity (Wildman–Crippen MR) is 61.7 cm³/mol. The maximum absolute atomic E-state index is 13.5. The van der Waals surface area contributed by atoms with Crippen LogP contribution in [0.1, 0.15) is 24.8 Å². The van der Waals surface area contributed by atoms with Crippen LogP contribution in [-0.2, 0) is 0 Å². The molecular formula is C13H12FN3. The van der Waals surface area contributed by atoms with Crippen molar-refractivity contribution < 1.29 is 4.39 Å². The third-order valence-corrected chi connectivity index (χ3v) is 2.86. The van der Waals surface area contributed by atoms with Crippen molar-refractivity contribution in [2.45, 2.75) is 25.3 Å². The van der Waals surface area contributed by atoms with Gasteiger partial charge in [0.2, 0.25) is 0 Å². The molecule has 0 atom stereocenters. The molecule has 0 aliphatic heterocycles. The summed E-state index contributed by atoms with van der Waals surface area (Å²) >= 11 is 0. The number of anilines is 1. The summed E-state index contributed by atoms with van der Waals surface area (Å²) in [4.78, 5) is 2.05. The van der Waals surface area contributed by atoms with Crippen molar-refractivity contribution in [2.75, 3.05) is 11.4 Å². The Morgan fingerprint density at radius 2 is 2.12 bits per heavy atom. The van der Waals surface area contributed by atoms with Gasteiger partial charge in [-0.05, 0) is 31.0 Å². The highest BCUT2D eigenvalue weighted by Gasteiger charge is 2.29. The van der Waals surface area contributed by atoms with Crippen LogP contribution in [0.25, 0.3) is 0 Å². The number of rotatable bonds is 4. The molecule has 0 N–H and O–H groups in total. The SMILES string of the molecule is N#CCCN(c1ccc(C#N)c(F)c1)C1CC1. The van der Waals surface area contributed by atoms with E-state index in [9.17, 15) is 4.39 Å². The van der Waals surface area contributed by atoms with E-state index in [2.05, 4.69) is 6.07 Å². The fraction of sp³-hybridized carbons (Fsp3) is 0.385. The predicted octanol–water partition coefficient (Wildman–Crippen LogP) is 2.58. The van der Waals surface area contributed by atoms with Gasteiger partial charge in [-0.25, -0.2) is 4.39 Å². The summed E-state index contributed by atoms with van der Waals surface area (Å²) < 4.78 is 13.5. The number of nitriles is 2. The minimum Gasteiger partial charge on any atom is -0.367 e. The fourth-order valence-corrected chi connectivity index (χ4v) is 1.85. The summed E-state index contributed by atoms with van der Waals surface area (Å²) in [6.07, 6.45) is 2.61. The molecule has 86 valence electrons. The van der Waals surface area contributed by atoms with Crippen molar-refractivity contribution in [3.63, 3.8) is 0 Å². The van der Waals surface area contributed by atoms with Crippen molar-refractivity contribution in [1.29, 1.82) is 10.5 Å². The Morgan fingerprint density at radius 3 is 2.65 bits per heavy atom. The lowest BCUT2D eigenvalue weighted by Crippen LogP contribution is -2.26. The molecule has 0 heterocycles. The normalized spacial score (nSPS) is 13.8. The molecule has 4 heteroatoms. The molecule has 0 radical (unpaired) electrons. The maximum Gasteiger partial charge on any atom is 0.143 e. The molecule has 2 rings (SSSR count). The third kappa shape index (κ3) is 2.54. The van der Waals surface area contributed by atoms with Gasteiger partial charge in [0, 0.05) is 18.3 Å². The van der Waals surface area contributed by atoms with Crippen LogP contribution in [0.5, 0.6) is 0 Å². The maximum atomic E-state index is 13.5. The quantitative estimate of drug-likeness (QED) is 0.797. The van der Waals surface area contributed by atoms with E-state index in [0.29, 0.717) is 19.0 Å². The molecule has 1 saturated carbocycles. The van der Waals surface area contributed by atoms with Crippen LogP contribution in [-0.4, -0.2) is 12.6 Å². The molecule has 0 bridgehead atoms. The van der Waals surface area contributed by atoms with Crippen LogP contribution in [0.2, 0.25) is 0 Å². The number of nitrogens with zero attached hydrogens (tertiary/aromatic N) is 3. The molecule has 0 unspecified atom stereocenters. The summed E-state index contributed by atoms with van der Waals surface area (Å²) in [6, 6.07) is 8.95. The average Bonchev–Trinajstić information content (AvgIpc) is 3.14. The number of halogens is 1. The standard InChI is InChI=1S/C13H12FN3/c14-13-8-12(3-2-10(13)9-16)17(7-1-6-15)11-4-5-11/h2-3,8,11H,1,4-5,7H2. The van der Waals surface area contributed by atoms with E-state index in [4.69, 9.17) is 10.5 Å². The van der Waals surface area contributed by atoms with E-state index in [1.54, 1.807) is 12.1 Å². The molecule has 0 amide bonds. The van der Waals surface area contributed by atoms with Crippen LogP contribution in [0.3, 0.4) is 0 Å². The first-order valence-corrected chi connectivity index (χ1v) is 5.59. The van der Waals surface area contributed by atoms with E-state index in [-0.39, 0.29) is 5.56 Å². The van der Waals surface area contributed by atoms with Crippen LogP contribution in [0.4, 0.5) is 10.1 Å². The molecule has 1 aliphatic carbocycles. The van der Waals surface area contributed by atoms with Crippen molar-refractivity contribution in [3.8, 4) is 12.1 Å². The Hall–Kier alpha value is -2.07. The molecule has 0 spiro atoms. The van der Waals surface area contributed by atoms with E-state index >= 15 is 0 Å².